The van der Waals surface area contributed by atoms with Gasteiger partial charge in [0.1, 0.15) is 12.6 Å². The zero-order valence-corrected chi connectivity index (χ0v) is 24.9. The monoisotopic (exact) mass is 609 g/mol. The number of carbonyl (C=O) groups is 2. The Balaban J connectivity index is 2.08. The van der Waals surface area contributed by atoms with E-state index < -0.39 is 28.5 Å². The van der Waals surface area contributed by atoms with Crippen molar-refractivity contribution in [2.24, 2.45) is 0 Å². The van der Waals surface area contributed by atoms with Crippen molar-refractivity contribution in [2.45, 2.75) is 44.7 Å². The molecule has 0 aromatic heterocycles. The fraction of sp³-hybridized carbons (Fsp3) is 0.286. The van der Waals surface area contributed by atoms with E-state index in [4.69, 9.17) is 34.8 Å². The van der Waals surface area contributed by atoms with Gasteiger partial charge < -0.3 is 10.2 Å². The maximum absolute atomic E-state index is 14.0. The third-order valence-corrected chi connectivity index (χ3v) is 9.06. The fourth-order valence-corrected chi connectivity index (χ4v) is 5.95. The van der Waals surface area contributed by atoms with E-state index >= 15 is 0 Å². The second kappa shape index (κ2) is 13.5. The first-order valence-corrected chi connectivity index (χ1v) is 14.9. The van der Waals surface area contributed by atoms with Gasteiger partial charge in [-0.3, -0.25) is 13.9 Å². The Morgan fingerprint density at radius 3 is 2.18 bits per heavy atom. The minimum Gasteiger partial charge on any atom is -0.355 e. The zero-order chi connectivity index (χ0) is 28.7. The SMILES string of the molecule is CCNC(=O)C(CC)N(Cc1ccc(Cl)c(Cl)c1)C(=O)CN(c1ccc(C)c(Cl)c1)S(=O)(=O)c1ccccc1. The Labute approximate surface area is 244 Å². The van der Waals surface area contributed by atoms with Crippen molar-refractivity contribution in [1.82, 2.24) is 10.2 Å². The average molecular weight is 611 g/mol. The molecular formula is C28H30Cl3N3O4S. The number of likely N-dealkylation sites (N-methyl/N-ethyl adjacent to an activating group) is 1. The Morgan fingerprint density at radius 2 is 1.59 bits per heavy atom. The molecule has 3 aromatic rings. The molecule has 1 N–H and O–H groups in total. The second-order valence-electron chi connectivity index (χ2n) is 8.85. The molecule has 0 spiro atoms. The quantitative estimate of drug-likeness (QED) is 0.285. The van der Waals surface area contributed by atoms with Crippen LogP contribution in [0.15, 0.2) is 71.6 Å². The van der Waals surface area contributed by atoms with Gasteiger partial charge in [-0.25, -0.2) is 8.42 Å². The van der Waals surface area contributed by atoms with Crippen LogP contribution in [0.3, 0.4) is 0 Å². The molecule has 2 amide bonds. The summed E-state index contributed by atoms with van der Waals surface area (Å²) in [4.78, 5) is 28.3. The number of nitrogens with zero attached hydrogens (tertiary/aromatic N) is 2. The van der Waals surface area contributed by atoms with Gasteiger partial charge in [-0.15, -0.1) is 0 Å². The number of amides is 2. The summed E-state index contributed by atoms with van der Waals surface area (Å²) in [6.45, 7) is 5.19. The van der Waals surface area contributed by atoms with Crippen LogP contribution in [-0.2, 0) is 26.2 Å². The number of carbonyl (C=O) groups excluding carboxylic acids is 2. The summed E-state index contributed by atoms with van der Waals surface area (Å²) in [5, 5.41) is 3.77. The van der Waals surface area contributed by atoms with Crippen LogP contribution < -0.4 is 9.62 Å². The van der Waals surface area contributed by atoms with Crippen molar-refractivity contribution in [1.29, 1.82) is 0 Å². The molecule has 0 aliphatic carbocycles. The summed E-state index contributed by atoms with van der Waals surface area (Å²) >= 11 is 18.6. The summed E-state index contributed by atoms with van der Waals surface area (Å²) in [6, 6.07) is 16.7. The van der Waals surface area contributed by atoms with Gasteiger partial charge in [0.2, 0.25) is 11.8 Å². The molecule has 0 heterocycles. The molecule has 208 valence electrons. The molecule has 3 aromatic carbocycles. The van der Waals surface area contributed by atoms with Crippen LogP contribution in [0.1, 0.15) is 31.4 Å². The summed E-state index contributed by atoms with van der Waals surface area (Å²) in [5.41, 5.74) is 1.62. The molecular weight excluding hydrogens is 581 g/mol. The Kier molecular flexibility index (Phi) is 10.7. The smallest absolute Gasteiger partial charge is 0.264 e. The van der Waals surface area contributed by atoms with Gasteiger partial charge in [0.15, 0.2) is 0 Å². The topological polar surface area (TPSA) is 86.8 Å². The third-order valence-electron chi connectivity index (χ3n) is 6.13. The molecule has 3 rings (SSSR count). The van der Waals surface area contributed by atoms with Crippen molar-refractivity contribution in [3.05, 3.63) is 92.9 Å². The van der Waals surface area contributed by atoms with Crippen molar-refractivity contribution in [3.63, 3.8) is 0 Å². The van der Waals surface area contributed by atoms with E-state index in [2.05, 4.69) is 5.32 Å². The van der Waals surface area contributed by atoms with Crippen LogP contribution in [0.4, 0.5) is 5.69 Å². The fourth-order valence-electron chi connectivity index (χ4n) is 4.03. The summed E-state index contributed by atoms with van der Waals surface area (Å²) in [6.07, 6.45) is 0.306. The standard InChI is InChI=1S/C28H30Cl3N3O4S/c1-4-26(28(36)32-5-2)33(17-20-12-14-23(29)25(31)15-20)27(35)18-34(21-13-11-19(3)24(30)16-21)39(37,38)22-9-7-6-8-10-22/h6-16,26H,4-5,17-18H2,1-3H3,(H,32,36). The van der Waals surface area contributed by atoms with E-state index in [0.29, 0.717) is 33.6 Å². The van der Waals surface area contributed by atoms with Crippen molar-refractivity contribution >= 4 is 62.3 Å². The first kappa shape index (κ1) is 30.8. The minimum atomic E-state index is -4.17. The lowest BCUT2D eigenvalue weighted by molar-refractivity contribution is -0.140. The highest BCUT2D eigenvalue weighted by molar-refractivity contribution is 7.92. The average Bonchev–Trinajstić information content (AvgIpc) is 2.91. The maximum Gasteiger partial charge on any atom is 0.264 e. The molecule has 1 unspecified atom stereocenters. The Bertz CT molecular complexity index is 1440. The van der Waals surface area contributed by atoms with Gasteiger partial charge in [0, 0.05) is 18.1 Å². The van der Waals surface area contributed by atoms with E-state index in [-0.39, 0.29) is 23.0 Å². The summed E-state index contributed by atoms with van der Waals surface area (Å²) in [7, 11) is -4.17. The zero-order valence-electron chi connectivity index (χ0n) is 21.8. The van der Waals surface area contributed by atoms with Crippen molar-refractivity contribution < 1.29 is 18.0 Å². The van der Waals surface area contributed by atoms with E-state index in [1.807, 2.05) is 0 Å². The van der Waals surface area contributed by atoms with Gasteiger partial charge in [-0.1, -0.05) is 72.1 Å². The predicted molar refractivity (Wildman–Crippen MR) is 157 cm³/mol. The molecule has 0 aliphatic heterocycles. The number of rotatable bonds is 11. The Hall–Kier alpha value is -2.78. The van der Waals surface area contributed by atoms with Crippen molar-refractivity contribution in [3.8, 4) is 0 Å². The number of sulfonamides is 1. The van der Waals surface area contributed by atoms with E-state index in [1.165, 1.54) is 23.1 Å². The number of benzene rings is 3. The highest BCUT2D eigenvalue weighted by Gasteiger charge is 2.33. The number of aryl methyl sites for hydroxylation is 1. The van der Waals surface area contributed by atoms with Crippen LogP contribution in [0.2, 0.25) is 15.1 Å². The summed E-state index contributed by atoms with van der Waals surface area (Å²) < 4.78 is 28.6. The number of anilines is 1. The number of hydrogen-bond donors (Lipinski definition) is 1. The molecule has 0 bridgehead atoms. The van der Waals surface area contributed by atoms with Gasteiger partial charge >= 0.3 is 0 Å². The first-order valence-electron chi connectivity index (χ1n) is 12.3. The molecule has 39 heavy (non-hydrogen) atoms. The lowest BCUT2D eigenvalue weighted by Gasteiger charge is -2.33. The molecule has 7 nitrogen and oxygen atoms in total. The summed E-state index contributed by atoms with van der Waals surface area (Å²) in [5.74, 6) is -0.917. The van der Waals surface area contributed by atoms with E-state index in [1.54, 1.807) is 69.3 Å². The highest BCUT2D eigenvalue weighted by Crippen LogP contribution is 2.29. The van der Waals surface area contributed by atoms with Crippen LogP contribution >= 0.6 is 34.8 Å². The van der Waals surface area contributed by atoms with Crippen LogP contribution in [0, 0.1) is 6.92 Å². The first-order chi connectivity index (χ1) is 18.5. The second-order valence-corrected chi connectivity index (χ2v) is 11.9. The van der Waals surface area contributed by atoms with Crippen LogP contribution in [-0.4, -0.2) is 44.3 Å². The maximum atomic E-state index is 14.0. The normalized spacial score (nSPS) is 12.1. The largest absolute Gasteiger partial charge is 0.355 e. The van der Waals surface area contributed by atoms with Gasteiger partial charge in [0.25, 0.3) is 10.0 Å². The highest BCUT2D eigenvalue weighted by atomic mass is 35.5. The van der Waals surface area contributed by atoms with E-state index in [0.717, 1.165) is 9.87 Å². The van der Waals surface area contributed by atoms with Gasteiger partial charge in [-0.2, -0.15) is 0 Å². The molecule has 11 heteroatoms. The van der Waals surface area contributed by atoms with Crippen LogP contribution in [0.5, 0.6) is 0 Å². The number of nitrogens with one attached hydrogen (secondary N) is 1. The molecule has 0 fully saturated rings. The number of hydrogen-bond acceptors (Lipinski definition) is 4. The predicted octanol–water partition coefficient (Wildman–Crippen LogP) is 6.09. The lowest BCUT2D eigenvalue weighted by Crippen LogP contribution is -2.52. The van der Waals surface area contributed by atoms with Gasteiger partial charge in [0.05, 0.1) is 20.6 Å². The van der Waals surface area contributed by atoms with Crippen LogP contribution in [0.25, 0.3) is 0 Å². The molecule has 1 atom stereocenters. The third kappa shape index (κ3) is 7.45. The number of halogens is 3. The lowest BCUT2D eigenvalue weighted by atomic mass is 10.1. The molecule has 0 radical (unpaired) electrons. The molecule has 0 saturated heterocycles. The minimum absolute atomic E-state index is 0.0131. The van der Waals surface area contributed by atoms with Crippen molar-refractivity contribution in [2.75, 3.05) is 17.4 Å². The molecule has 0 aliphatic rings. The molecule has 0 saturated carbocycles. The Morgan fingerprint density at radius 1 is 0.897 bits per heavy atom. The van der Waals surface area contributed by atoms with Gasteiger partial charge in [-0.05, 0) is 67.8 Å². The van der Waals surface area contributed by atoms with E-state index in [9.17, 15) is 18.0 Å².